The van der Waals surface area contributed by atoms with Crippen LogP contribution >= 0.6 is 11.8 Å². The molecule has 2 N–H and O–H groups in total. The highest BCUT2D eigenvalue weighted by Gasteiger charge is 2.09. The van der Waals surface area contributed by atoms with Gasteiger partial charge in [-0.3, -0.25) is 0 Å². The van der Waals surface area contributed by atoms with Gasteiger partial charge >= 0.3 is 0 Å². The molecule has 0 fully saturated rings. The summed E-state index contributed by atoms with van der Waals surface area (Å²) in [6, 6.07) is 2.29. The van der Waals surface area contributed by atoms with E-state index in [0.717, 1.165) is 24.4 Å². The number of phenolic OH excluding ortho intramolecular Hbond substituents is 1. The Balaban J connectivity index is 2.47. The van der Waals surface area contributed by atoms with Gasteiger partial charge in [-0.2, -0.15) is 11.8 Å². The topological polar surface area (TPSA) is 32.3 Å². The van der Waals surface area contributed by atoms with Crippen molar-refractivity contribution in [3.8, 4) is 5.75 Å². The third-order valence-electron chi connectivity index (χ3n) is 2.35. The first-order chi connectivity index (χ1) is 8.04. The van der Waals surface area contributed by atoms with Crippen molar-refractivity contribution < 1.29 is 13.9 Å². The fourth-order valence-corrected chi connectivity index (χ4v) is 2.21. The first-order valence-corrected chi connectivity index (χ1v) is 6.80. The summed E-state index contributed by atoms with van der Waals surface area (Å²) >= 11 is 1.77. The minimum atomic E-state index is -0.918. The molecule has 0 saturated heterocycles. The molecule has 96 valence electrons. The summed E-state index contributed by atoms with van der Waals surface area (Å²) in [5.41, 5.74) is 0.495. The molecule has 0 heterocycles. The Morgan fingerprint density at radius 1 is 1.35 bits per heavy atom. The first-order valence-electron chi connectivity index (χ1n) is 5.41. The van der Waals surface area contributed by atoms with Crippen molar-refractivity contribution >= 4 is 11.8 Å². The third-order valence-corrected chi connectivity index (χ3v) is 3.25. The largest absolute Gasteiger partial charge is 0.503 e. The number of hydrogen-bond acceptors (Lipinski definition) is 3. The first kappa shape index (κ1) is 14.3. The summed E-state index contributed by atoms with van der Waals surface area (Å²) in [5.74, 6) is -1.19. The van der Waals surface area contributed by atoms with Crippen LogP contribution in [0.1, 0.15) is 12.5 Å². The maximum atomic E-state index is 13.0. The van der Waals surface area contributed by atoms with E-state index in [1.165, 1.54) is 0 Å². The van der Waals surface area contributed by atoms with Crippen LogP contribution in [0, 0.1) is 17.6 Å². The van der Waals surface area contributed by atoms with Crippen LogP contribution in [0.5, 0.6) is 5.75 Å². The van der Waals surface area contributed by atoms with Gasteiger partial charge in [0.25, 0.3) is 0 Å². The Hall–Kier alpha value is -0.810. The zero-order valence-electron chi connectivity index (χ0n) is 9.96. The van der Waals surface area contributed by atoms with Gasteiger partial charge in [0, 0.05) is 6.54 Å². The van der Waals surface area contributed by atoms with Crippen molar-refractivity contribution in [3.05, 3.63) is 29.3 Å². The number of benzene rings is 1. The van der Waals surface area contributed by atoms with Crippen molar-refractivity contribution in [1.29, 1.82) is 0 Å². The summed E-state index contributed by atoms with van der Waals surface area (Å²) < 4.78 is 26.1. The normalized spacial score (nSPS) is 12.7. The Morgan fingerprint density at radius 2 is 1.94 bits per heavy atom. The number of rotatable bonds is 6. The lowest BCUT2D eigenvalue weighted by Gasteiger charge is -2.11. The van der Waals surface area contributed by atoms with E-state index < -0.39 is 17.4 Å². The maximum Gasteiger partial charge on any atom is 0.187 e. The Morgan fingerprint density at radius 3 is 2.47 bits per heavy atom. The quantitative estimate of drug-likeness (QED) is 0.826. The molecule has 5 heteroatoms. The second-order valence-electron chi connectivity index (χ2n) is 4.10. The van der Waals surface area contributed by atoms with Crippen LogP contribution in [0.3, 0.4) is 0 Å². The molecule has 1 rings (SSSR count). The highest BCUT2D eigenvalue weighted by Crippen LogP contribution is 2.21. The van der Waals surface area contributed by atoms with Gasteiger partial charge in [0.05, 0.1) is 0 Å². The molecule has 0 spiro atoms. The van der Waals surface area contributed by atoms with E-state index in [-0.39, 0.29) is 0 Å². The van der Waals surface area contributed by atoms with E-state index >= 15 is 0 Å². The second kappa shape index (κ2) is 6.81. The van der Waals surface area contributed by atoms with E-state index in [0.29, 0.717) is 18.0 Å². The molecule has 0 saturated carbocycles. The van der Waals surface area contributed by atoms with Gasteiger partial charge in [0.2, 0.25) is 0 Å². The van der Waals surface area contributed by atoms with Gasteiger partial charge in [0.15, 0.2) is 17.4 Å². The van der Waals surface area contributed by atoms with Crippen LogP contribution in [0.25, 0.3) is 0 Å². The van der Waals surface area contributed by atoms with Gasteiger partial charge in [-0.1, -0.05) is 6.92 Å². The SMILES string of the molecule is CSCC(C)CNCc1cc(F)c(O)c(F)c1. The molecule has 1 aromatic carbocycles. The highest BCUT2D eigenvalue weighted by atomic mass is 32.2. The molecule has 17 heavy (non-hydrogen) atoms. The van der Waals surface area contributed by atoms with E-state index in [1.807, 2.05) is 6.26 Å². The molecule has 2 nitrogen and oxygen atoms in total. The fraction of sp³-hybridized carbons (Fsp3) is 0.500. The van der Waals surface area contributed by atoms with Gasteiger partial charge in [-0.05, 0) is 42.2 Å². The van der Waals surface area contributed by atoms with Gasteiger partial charge in [-0.15, -0.1) is 0 Å². The number of thioether (sulfide) groups is 1. The molecule has 0 amide bonds. The van der Waals surface area contributed by atoms with Crippen LogP contribution in [0.2, 0.25) is 0 Å². The Labute approximate surface area is 104 Å². The Bertz CT molecular complexity index is 351. The number of nitrogens with one attached hydrogen (secondary N) is 1. The average molecular weight is 261 g/mol. The predicted molar refractivity (Wildman–Crippen MR) is 67.3 cm³/mol. The van der Waals surface area contributed by atoms with E-state index in [9.17, 15) is 8.78 Å². The number of hydrogen-bond donors (Lipinski definition) is 2. The minimum absolute atomic E-state index is 0.396. The molecule has 0 radical (unpaired) electrons. The van der Waals surface area contributed by atoms with Crippen molar-refractivity contribution in [1.82, 2.24) is 5.32 Å². The number of halogens is 2. The van der Waals surface area contributed by atoms with Crippen molar-refractivity contribution in [2.75, 3.05) is 18.6 Å². The zero-order chi connectivity index (χ0) is 12.8. The smallest absolute Gasteiger partial charge is 0.187 e. The van der Waals surface area contributed by atoms with Crippen molar-refractivity contribution in [3.63, 3.8) is 0 Å². The maximum absolute atomic E-state index is 13.0. The molecular weight excluding hydrogens is 244 g/mol. The molecule has 0 aliphatic carbocycles. The molecular formula is C12H17F2NOS. The second-order valence-corrected chi connectivity index (χ2v) is 5.01. The van der Waals surface area contributed by atoms with Crippen molar-refractivity contribution in [2.45, 2.75) is 13.5 Å². The number of aromatic hydroxyl groups is 1. The molecule has 0 aliphatic heterocycles. The standard InChI is InChI=1S/C12H17F2NOS/c1-8(7-17-2)5-15-6-9-3-10(13)12(16)11(14)4-9/h3-4,8,15-16H,5-7H2,1-2H3. The minimum Gasteiger partial charge on any atom is -0.503 e. The van der Waals surface area contributed by atoms with Crippen LogP contribution < -0.4 is 5.32 Å². The lowest BCUT2D eigenvalue weighted by Crippen LogP contribution is -2.22. The average Bonchev–Trinajstić information content (AvgIpc) is 2.26. The fourth-order valence-electron chi connectivity index (χ4n) is 1.53. The summed E-state index contributed by atoms with van der Waals surface area (Å²) in [4.78, 5) is 0. The highest BCUT2D eigenvalue weighted by molar-refractivity contribution is 7.98. The Kier molecular flexibility index (Phi) is 5.71. The van der Waals surface area contributed by atoms with E-state index in [1.54, 1.807) is 11.8 Å². The van der Waals surface area contributed by atoms with Crippen LogP contribution in [0.15, 0.2) is 12.1 Å². The van der Waals surface area contributed by atoms with Crippen LogP contribution in [-0.2, 0) is 6.54 Å². The van der Waals surface area contributed by atoms with Gasteiger partial charge in [0.1, 0.15) is 0 Å². The summed E-state index contributed by atoms with van der Waals surface area (Å²) in [6.07, 6.45) is 2.04. The van der Waals surface area contributed by atoms with Crippen LogP contribution in [-0.4, -0.2) is 23.7 Å². The molecule has 1 aromatic rings. The molecule has 0 aliphatic rings. The van der Waals surface area contributed by atoms with Crippen LogP contribution in [0.4, 0.5) is 8.78 Å². The lowest BCUT2D eigenvalue weighted by molar-refractivity contribution is 0.395. The predicted octanol–water partition coefficient (Wildman–Crippen LogP) is 2.76. The van der Waals surface area contributed by atoms with E-state index in [2.05, 4.69) is 12.2 Å². The van der Waals surface area contributed by atoms with E-state index in [4.69, 9.17) is 5.11 Å². The molecule has 0 aromatic heterocycles. The van der Waals surface area contributed by atoms with Gasteiger partial charge < -0.3 is 10.4 Å². The lowest BCUT2D eigenvalue weighted by atomic mass is 10.2. The summed E-state index contributed by atoms with van der Waals surface area (Å²) in [7, 11) is 0. The zero-order valence-corrected chi connectivity index (χ0v) is 10.8. The molecule has 0 bridgehead atoms. The number of phenols is 1. The molecule has 1 atom stereocenters. The third kappa shape index (κ3) is 4.52. The summed E-state index contributed by atoms with van der Waals surface area (Å²) in [6.45, 7) is 3.30. The van der Waals surface area contributed by atoms with Crippen molar-refractivity contribution in [2.24, 2.45) is 5.92 Å². The monoisotopic (exact) mass is 261 g/mol. The van der Waals surface area contributed by atoms with Gasteiger partial charge in [-0.25, -0.2) is 8.78 Å². The summed E-state index contributed by atoms with van der Waals surface area (Å²) in [5, 5.41) is 12.1. The molecule has 1 unspecified atom stereocenters.